The predicted octanol–water partition coefficient (Wildman–Crippen LogP) is 2.68. The number of anilines is 2. The highest BCUT2D eigenvalue weighted by Crippen LogP contribution is 2.42. The van der Waals surface area contributed by atoms with Crippen molar-refractivity contribution in [2.45, 2.75) is 24.8 Å². The minimum absolute atomic E-state index is 0.182. The fourth-order valence-electron chi connectivity index (χ4n) is 3.09. The smallest absolute Gasteiger partial charge is 0.0699 e. The molecule has 2 aliphatic rings. The van der Waals surface area contributed by atoms with Crippen molar-refractivity contribution in [2.24, 2.45) is 0 Å². The van der Waals surface area contributed by atoms with Crippen LogP contribution in [0.3, 0.4) is 0 Å². The monoisotopic (exact) mass is 252 g/mol. The number of halogens is 1. The normalized spacial score (nSPS) is 28.2. The first-order valence-electron chi connectivity index (χ1n) is 6.12. The highest BCUT2D eigenvalue weighted by atomic mass is 35.5. The highest BCUT2D eigenvalue weighted by Gasteiger charge is 2.44. The summed E-state index contributed by atoms with van der Waals surface area (Å²) in [6.45, 7) is 2.76. The van der Waals surface area contributed by atoms with Gasteiger partial charge in [-0.05, 0) is 37.5 Å². The molecule has 0 saturated carbocycles. The maximum absolute atomic E-state index is 6.09. The lowest BCUT2D eigenvalue weighted by Crippen LogP contribution is -2.44. The van der Waals surface area contributed by atoms with Gasteiger partial charge in [-0.1, -0.05) is 11.6 Å². The highest BCUT2D eigenvalue weighted by molar-refractivity contribution is 6.31. The van der Waals surface area contributed by atoms with Crippen LogP contribution in [0.1, 0.15) is 19.3 Å². The number of hydrogen-bond donors (Lipinski definition) is 1. The van der Waals surface area contributed by atoms with E-state index in [9.17, 15) is 0 Å². The number of rotatable bonds is 1. The summed E-state index contributed by atoms with van der Waals surface area (Å²) in [5.74, 6) is 0. The third-order valence-corrected chi connectivity index (χ3v) is 4.19. The summed E-state index contributed by atoms with van der Waals surface area (Å²) in [5, 5.41) is 0.696. The van der Waals surface area contributed by atoms with E-state index in [4.69, 9.17) is 22.1 Å². The van der Waals surface area contributed by atoms with E-state index in [1.54, 1.807) is 0 Å². The van der Waals surface area contributed by atoms with Gasteiger partial charge in [0, 0.05) is 18.2 Å². The van der Waals surface area contributed by atoms with Crippen molar-refractivity contribution in [3.63, 3.8) is 0 Å². The Hall–Kier alpha value is -0.930. The molecule has 2 saturated heterocycles. The molecule has 2 fully saturated rings. The summed E-state index contributed by atoms with van der Waals surface area (Å²) in [5.41, 5.74) is 8.15. The molecule has 3 nitrogen and oxygen atoms in total. The Balaban J connectivity index is 1.97. The van der Waals surface area contributed by atoms with E-state index in [0.29, 0.717) is 5.02 Å². The molecule has 17 heavy (non-hydrogen) atoms. The van der Waals surface area contributed by atoms with Gasteiger partial charge in [0.05, 0.1) is 23.5 Å². The summed E-state index contributed by atoms with van der Waals surface area (Å²) >= 11 is 5.95. The molecule has 92 valence electrons. The summed E-state index contributed by atoms with van der Waals surface area (Å²) in [6, 6.07) is 5.77. The second-order valence-corrected chi connectivity index (χ2v) is 5.42. The first kappa shape index (κ1) is 11.2. The largest absolute Gasteiger partial charge is 0.397 e. The fraction of sp³-hybridized carbons (Fsp3) is 0.538. The summed E-state index contributed by atoms with van der Waals surface area (Å²) in [4.78, 5) is 2.42. The lowest BCUT2D eigenvalue weighted by Gasteiger charge is -2.36. The van der Waals surface area contributed by atoms with Crippen LogP contribution in [0.4, 0.5) is 11.4 Å². The Morgan fingerprint density at radius 1 is 1.35 bits per heavy atom. The molecule has 1 unspecified atom stereocenters. The number of nitrogens with zero attached hydrogens (tertiary/aromatic N) is 1. The standard InChI is InChI=1S/C13H17ClN2O/c14-10-2-3-12(11(15)8-10)16-6-1-4-13(16)5-7-17-9-13/h2-3,8H,1,4-7,9,15H2. The average Bonchev–Trinajstić information content (AvgIpc) is 2.91. The van der Waals surface area contributed by atoms with Crippen molar-refractivity contribution in [3.05, 3.63) is 23.2 Å². The Labute approximate surface area is 106 Å². The van der Waals surface area contributed by atoms with Gasteiger partial charge >= 0.3 is 0 Å². The minimum atomic E-state index is 0.182. The van der Waals surface area contributed by atoms with E-state index < -0.39 is 0 Å². The molecular formula is C13H17ClN2O. The number of ether oxygens (including phenoxy) is 1. The Bertz CT molecular complexity index is 424. The zero-order valence-corrected chi connectivity index (χ0v) is 10.5. The Kier molecular flexibility index (Phi) is 2.68. The predicted molar refractivity (Wildman–Crippen MR) is 70.6 cm³/mol. The van der Waals surface area contributed by atoms with Gasteiger partial charge in [-0.15, -0.1) is 0 Å². The summed E-state index contributed by atoms with van der Waals surface area (Å²) < 4.78 is 5.59. The third kappa shape index (κ3) is 1.78. The van der Waals surface area contributed by atoms with E-state index in [1.807, 2.05) is 18.2 Å². The second-order valence-electron chi connectivity index (χ2n) is 4.99. The molecule has 0 aromatic heterocycles. The fourth-order valence-corrected chi connectivity index (χ4v) is 3.27. The van der Waals surface area contributed by atoms with E-state index >= 15 is 0 Å². The molecule has 1 spiro atoms. The van der Waals surface area contributed by atoms with Gasteiger partial charge in [0.15, 0.2) is 0 Å². The molecule has 1 aromatic rings. The van der Waals surface area contributed by atoms with Crippen LogP contribution in [0.2, 0.25) is 5.02 Å². The number of benzene rings is 1. The minimum Gasteiger partial charge on any atom is -0.397 e. The molecule has 0 bridgehead atoms. The van der Waals surface area contributed by atoms with Crippen LogP contribution in [0.15, 0.2) is 18.2 Å². The lowest BCUT2D eigenvalue weighted by molar-refractivity contribution is 0.178. The van der Waals surface area contributed by atoms with Crippen molar-refractivity contribution in [1.29, 1.82) is 0 Å². The molecule has 3 rings (SSSR count). The van der Waals surface area contributed by atoms with Crippen LogP contribution in [0.25, 0.3) is 0 Å². The zero-order valence-electron chi connectivity index (χ0n) is 9.79. The molecule has 2 heterocycles. The summed E-state index contributed by atoms with van der Waals surface area (Å²) in [7, 11) is 0. The van der Waals surface area contributed by atoms with Crippen molar-refractivity contribution < 1.29 is 4.74 Å². The zero-order chi connectivity index (χ0) is 11.9. The van der Waals surface area contributed by atoms with Gasteiger partial charge in [0.2, 0.25) is 0 Å². The molecule has 1 aromatic carbocycles. The molecule has 0 aliphatic carbocycles. The molecule has 0 radical (unpaired) electrons. The van der Waals surface area contributed by atoms with Crippen LogP contribution in [0, 0.1) is 0 Å². The average molecular weight is 253 g/mol. The Morgan fingerprint density at radius 3 is 2.94 bits per heavy atom. The van der Waals surface area contributed by atoms with Gasteiger partial charge in [0.1, 0.15) is 0 Å². The molecule has 2 aliphatic heterocycles. The van der Waals surface area contributed by atoms with E-state index in [1.165, 1.54) is 12.8 Å². The van der Waals surface area contributed by atoms with Crippen LogP contribution in [-0.4, -0.2) is 25.3 Å². The van der Waals surface area contributed by atoms with Crippen LogP contribution in [0.5, 0.6) is 0 Å². The summed E-state index contributed by atoms with van der Waals surface area (Å²) in [6.07, 6.45) is 3.52. The van der Waals surface area contributed by atoms with Gasteiger partial charge in [-0.2, -0.15) is 0 Å². The van der Waals surface area contributed by atoms with Crippen LogP contribution >= 0.6 is 11.6 Å². The van der Waals surface area contributed by atoms with Crippen molar-refractivity contribution in [1.82, 2.24) is 0 Å². The number of nitrogens with two attached hydrogens (primary N) is 1. The van der Waals surface area contributed by atoms with E-state index in [2.05, 4.69) is 4.90 Å². The van der Waals surface area contributed by atoms with Crippen LogP contribution < -0.4 is 10.6 Å². The molecule has 4 heteroatoms. The second kappa shape index (κ2) is 4.07. The Morgan fingerprint density at radius 2 is 2.24 bits per heavy atom. The van der Waals surface area contributed by atoms with Gasteiger partial charge < -0.3 is 15.4 Å². The quantitative estimate of drug-likeness (QED) is 0.781. The van der Waals surface area contributed by atoms with E-state index in [0.717, 1.165) is 37.6 Å². The first-order chi connectivity index (χ1) is 8.21. The van der Waals surface area contributed by atoms with Crippen LogP contribution in [-0.2, 0) is 4.74 Å². The van der Waals surface area contributed by atoms with E-state index in [-0.39, 0.29) is 5.54 Å². The van der Waals surface area contributed by atoms with Gasteiger partial charge in [0.25, 0.3) is 0 Å². The third-order valence-electron chi connectivity index (χ3n) is 3.96. The molecule has 2 N–H and O–H groups in total. The number of hydrogen-bond acceptors (Lipinski definition) is 3. The molecule has 1 atom stereocenters. The maximum atomic E-state index is 6.09. The van der Waals surface area contributed by atoms with Crippen molar-refractivity contribution >= 4 is 23.0 Å². The molecular weight excluding hydrogens is 236 g/mol. The van der Waals surface area contributed by atoms with Gasteiger partial charge in [-0.25, -0.2) is 0 Å². The van der Waals surface area contributed by atoms with Crippen molar-refractivity contribution in [2.75, 3.05) is 30.4 Å². The number of nitrogen functional groups attached to an aromatic ring is 1. The maximum Gasteiger partial charge on any atom is 0.0699 e. The first-order valence-corrected chi connectivity index (χ1v) is 6.50. The van der Waals surface area contributed by atoms with Crippen molar-refractivity contribution in [3.8, 4) is 0 Å². The molecule has 0 amide bonds. The van der Waals surface area contributed by atoms with Gasteiger partial charge in [-0.3, -0.25) is 0 Å². The SMILES string of the molecule is Nc1cc(Cl)ccc1N1CCCC12CCOC2. The lowest BCUT2D eigenvalue weighted by atomic mass is 9.95. The topological polar surface area (TPSA) is 38.5 Å².